The van der Waals surface area contributed by atoms with Gasteiger partial charge < -0.3 is 19.3 Å². The maximum atomic E-state index is 12.6. The molecular formula is C22H32O6S. The summed E-state index contributed by atoms with van der Waals surface area (Å²) < 4.78 is 17.4. The molecule has 162 valence electrons. The van der Waals surface area contributed by atoms with Crippen LogP contribution in [0.15, 0.2) is 35.2 Å². The Morgan fingerprint density at radius 1 is 0.931 bits per heavy atom. The van der Waals surface area contributed by atoms with Crippen LogP contribution in [0.4, 0.5) is 0 Å². The summed E-state index contributed by atoms with van der Waals surface area (Å²) in [6.45, 7) is 12.1. The molecule has 0 unspecified atom stereocenters. The molecule has 0 spiro atoms. The molecule has 29 heavy (non-hydrogen) atoms. The van der Waals surface area contributed by atoms with E-state index in [4.69, 9.17) is 14.2 Å². The fraction of sp³-hybridized carbons (Fsp3) is 0.636. The molecule has 1 aromatic rings. The van der Waals surface area contributed by atoms with Crippen LogP contribution in [0.25, 0.3) is 0 Å². The molecule has 0 radical (unpaired) electrons. The van der Waals surface area contributed by atoms with Crippen molar-refractivity contribution in [3.8, 4) is 0 Å². The van der Waals surface area contributed by atoms with E-state index in [2.05, 4.69) is 0 Å². The molecule has 1 heterocycles. The lowest BCUT2D eigenvalue weighted by atomic mass is 9.95. The van der Waals surface area contributed by atoms with Crippen LogP contribution in [0.5, 0.6) is 0 Å². The third-order valence-electron chi connectivity index (χ3n) is 4.46. The van der Waals surface area contributed by atoms with Crippen LogP contribution in [0, 0.1) is 10.8 Å². The average molecular weight is 425 g/mol. The van der Waals surface area contributed by atoms with Gasteiger partial charge in [-0.15, -0.1) is 0 Å². The van der Waals surface area contributed by atoms with Gasteiger partial charge in [0, 0.05) is 4.90 Å². The molecule has 1 aliphatic rings. The van der Waals surface area contributed by atoms with E-state index in [1.165, 1.54) is 11.8 Å². The first-order valence-corrected chi connectivity index (χ1v) is 10.7. The summed E-state index contributed by atoms with van der Waals surface area (Å²) in [6, 6.07) is 9.54. The topological polar surface area (TPSA) is 82.1 Å². The normalized spacial score (nSPS) is 27.9. The number of benzene rings is 1. The molecule has 1 saturated heterocycles. The minimum Gasteiger partial charge on any atom is -0.455 e. The third kappa shape index (κ3) is 6.20. The molecule has 0 aliphatic carbocycles. The van der Waals surface area contributed by atoms with Gasteiger partial charge in [-0.25, -0.2) is 0 Å². The maximum Gasteiger partial charge on any atom is 0.311 e. The molecule has 0 bridgehead atoms. The van der Waals surface area contributed by atoms with Crippen LogP contribution in [-0.2, 0) is 23.8 Å². The minimum absolute atomic E-state index is 0.455. The first-order valence-electron chi connectivity index (χ1n) is 9.78. The first-order chi connectivity index (χ1) is 13.3. The van der Waals surface area contributed by atoms with Crippen molar-refractivity contribution in [2.45, 2.75) is 83.2 Å². The summed E-state index contributed by atoms with van der Waals surface area (Å²) in [5.74, 6) is -0.931. The van der Waals surface area contributed by atoms with Crippen molar-refractivity contribution in [1.82, 2.24) is 0 Å². The van der Waals surface area contributed by atoms with Crippen molar-refractivity contribution in [2.24, 2.45) is 10.8 Å². The average Bonchev–Trinajstić information content (AvgIpc) is 2.61. The number of thioether (sulfide) groups is 1. The second-order valence-corrected chi connectivity index (χ2v) is 10.5. The van der Waals surface area contributed by atoms with E-state index in [0.29, 0.717) is 0 Å². The Morgan fingerprint density at radius 2 is 1.41 bits per heavy atom. The van der Waals surface area contributed by atoms with Crippen LogP contribution in [-0.4, -0.2) is 46.9 Å². The molecule has 0 amide bonds. The van der Waals surface area contributed by atoms with E-state index in [1.54, 1.807) is 48.5 Å². The van der Waals surface area contributed by atoms with E-state index >= 15 is 0 Å². The summed E-state index contributed by atoms with van der Waals surface area (Å²) in [6.07, 6.45) is -3.70. The Bertz CT molecular complexity index is 706. The Kier molecular flexibility index (Phi) is 7.41. The van der Waals surface area contributed by atoms with E-state index in [0.717, 1.165) is 4.90 Å². The molecule has 1 fully saturated rings. The Balaban J connectivity index is 2.36. The first kappa shape index (κ1) is 23.7. The highest BCUT2D eigenvalue weighted by atomic mass is 32.2. The van der Waals surface area contributed by atoms with Gasteiger partial charge in [-0.3, -0.25) is 9.59 Å². The van der Waals surface area contributed by atoms with Gasteiger partial charge in [0.15, 0.2) is 12.2 Å². The highest BCUT2D eigenvalue weighted by molar-refractivity contribution is 7.99. The predicted octanol–water partition coefficient (Wildman–Crippen LogP) is 3.80. The van der Waals surface area contributed by atoms with Crippen molar-refractivity contribution < 1.29 is 28.9 Å². The Hall–Kier alpha value is -1.57. The summed E-state index contributed by atoms with van der Waals surface area (Å²) in [7, 11) is 0. The molecule has 2 rings (SSSR count). The minimum atomic E-state index is -1.12. The standard InChI is InChI=1S/C22H32O6S/c1-13-15(23)16(27-19(24)21(2,3)4)17(28-20(25)22(5,6)7)18(26-13)29-14-11-9-8-10-12-14/h8-13,15-18,23H,1-7H3/t13-,15+,16+,17-,18+/m1/s1. The second-order valence-electron chi connectivity index (χ2n) is 9.37. The number of aliphatic hydroxyl groups excluding tert-OH is 1. The van der Waals surface area contributed by atoms with Gasteiger partial charge in [-0.05, 0) is 60.6 Å². The van der Waals surface area contributed by atoms with Crippen molar-refractivity contribution in [3.63, 3.8) is 0 Å². The third-order valence-corrected chi connectivity index (χ3v) is 5.62. The molecule has 1 N–H and O–H groups in total. The highest BCUT2D eigenvalue weighted by Gasteiger charge is 2.50. The molecular weight excluding hydrogens is 392 g/mol. The quantitative estimate of drug-likeness (QED) is 0.736. The zero-order valence-electron chi connectivity index (χ0n) is 18.2. The summed E-state index contributed by atoms with van der Waals surface area (Å²) in [5, 5.41) is 10.7. The van der Waals surface area contributed by atoms with Gasteiger partial charge in [-0.2, -0.15) is 0 Å². The molecule has 1 aromatic carbocycles. The van der Waals surface area contributed by atoms with Crippen LogP contribution >= 0.6 is 11.8 Å². The smallest absolute Gasteiger partial charge is 0.311 e. The predicted molar refractivity (Wildman–Crippen MR) is 111 cm³/mol. The van der Waals surface area contributed by atoms with Gasteiger partial charge in [0.2, 0.25) is 0 Å². The zero-order valence-corrected chi connectivity index (χ0v) is 19.0. The number of ether oxygens (including phenoxy) is 3. The largest absolute Gasteiger partial charge is 0.455 e. The fourth-order valence-corrected chi connectivity index (χ4v) is 3.73. The Morgan fingerprint density at radius 3 is 1.90 bits per heavy atom. The van der Waals surface area contributed by atoms with Crippen molar-refractivity contribution in [1.29, 1.82) is 0 Å². The van der Waals surface area contributed by atoms with E-state index in [9.17, 15) is 14.7 Å². The highest BCUT2D eigenvalue weighted by Crippen LogP contribution is 2.37. The van der Waals surface area contributed by atoms with Crippen LogP contribution in [0.2, 0.25) is 0 Å². The summed E-state index contributed by atoms with van der Waals surface area (Å²) in [5.41, 5.74) is -2.16. The SMILES string of the molecule is C[C@H]1O[C@@H](Sc2ccccc2)[C@H](OC(=O)C(C)(C)C)[C@@H](OC(=O)C(C)(C)C)[C@H]1O. The summed E-state index contributed by atoms with van der Waals surface area (Å²) >= 11 is 1.37. The van der Waals surface area contributed by atoms with Gasteiger partial charge >= 0.3 is 11.9 Å². The second kappa shape index (κ2) is 9.06. The molecule has 1 aliphatic heterocycles. The van der Waals surface area contributed by atoms with Crippen molar-refractivity contribution in [2.75, 3.05) is 0 Å². The van der Waals surface area contributed by atoms with Crippen molar-refractivity contribution >= 4 is 23.7 Å². The number of carbonyl (C=O) groups excluding carboxylic acids is 2. The molecule has 5 atom stereocenters. The zero-order chi connectivity index (χ0) is 22.0. The van der Waals surface area contributed by atoms with Crippen LogP contribution in [0.1, 0.15) is 48.5 Å². The number of esters is 2. The molecule has 7 heteroatoms. The van der Waals surface area contributed by atoms with Gasteiger partial charge in [-0.1, -0.05) is 30.0 Å². The lowest BCUT2D eigenvalue weighted by Crippen LogP contribution is -2.59. The maximum absolute atomic E-state index is 12.6. The Labute approximate surface area is 177 Å². The number of rotatable bonds is 4. The van der Waals surface area contributed by atoms with E-state index < -0.39 is 52.6 Å². The number of aliphatic hydroxyl groups is 1. The molecule has 0 saturated carbocycles. The number of hydrogen-bond acceptors (Lipinski definition) is 7. The van der Waals surface area contributed by atoms with Gasteiger partial charge in [0.05, 0.1) is 16.9 Å². The van der Waals surface area contributed by atoms with Gasteiger partial charge in [0.25, 0.3) is 0 Å². The lowest BCUT2D eigenvalue weighted by molar-refractivity contribution is -0.228. The molecule has 6 nitrogen and oxygen atoms in total. The molecule has 0 aromatic heterocycles. The van der Waals surface area contributed by atoms with Crippen LogP contribution in [0.3, 0.4) is 0 Å². The monoisotopic (exact) mass is 424 g/mol. The van der Waals surface area contributed by atoms with Gasteiger partial charge in [0.1, 0.15) is 11.5 Å². The number of carbonyl (C=O) groups is 2. The lowest BCUT2D eigenvalue weighted by Gasteiger charge is -2.43. The summed E-state index contributed by atoms with van der Waals surface area (Å²) in [4.78, 5) is 26.1. The fourth-order valence-electron chi connectivity index (χ4n) is 2.57. The number of hydrogen-bond donors (Lipinski definition) is 1. The van der Waals surface area contributed by atoms with Crippen molar-refractivity contribution in [3.05, 3.63) is 30.3 Å². The van der Waals surface area contributed by atoms with E-state index in [-0.39, 0.29) is 0 Å². The van der Waals surface area contributed by atoms with Crippen LogP contribution < -0.4 is 0 Å². The van der Waals surface area contributed by atoms with E-state index in [1.807, 2.05) is 30.3 Å².